The van der Waals surface area contributed by atoms with Gasteiger partial charge in [0.15, 0.2) is 9.84 Å². The summed E-state index contributed by atoms with van der Waals surface area (Å²) in [7, 11) is -2.95. The second kappa shape index (κ2) is 5.71. The molecule has 2 fully saturated rings. The van der Waals surface area contributed by atoms with E-state index in [1.165, 1.54) is 0 Å². The maximum Gasteiger partial charge on any atom is 0.303 e. The van der Waals surface area contributed by atoms with Crippen LogP contribution >= 0.6 is 0 Å². The van der Waals surface area contributed by atoms with Gasteiger partial charge in [0.2, 0.25) is 5.91 Å². The van der Waals surface area contributed by atoms with Gasteiger partial charge in [0.05, 0.1) is 17.9 Å². The third-order valence-corrected chi connectivity index (χ3v) is 6.24. The van der Waals surface area contributed by atoms with Crippen LogP contribution < -0.4 is 5.32 Å². The van der Waals surface area contributed by atoms with E-state index < -0.39 is 15.8 Å². The molecule has 1 amide bonds. The number of aliphatic carboxylic acids is 1. The zero-order chi connectivity index (χ0) is 14.8. The molecule has 1 unspecified atom stereocenters. The largest absolute Gasteiger partial charge is 0.481 e. The minimum Gasteiger partial charge on any atom is -0.481 e. The maximum atomic E-state index is 11.8. The molecule has 2 rings (SSSR count). The van der Waals surface area contributed by atoms with Crippen LogP contribution in [0.2, 0.25) is 0 Å². The fraction of sp³-hybridized carbons (Fsp3) is 0.846. The van der Waals surface area contributed by atoms with Crippen LogP contribution in [-0.4, -0.2) is 43.5 Å². The highest BCUT2D eigenvalue weighted by Crippen LogP contribution is 2.43. The first-order chi connectivity index (χ1) is 9.30. The number of rotatable bonds is 6. The van der Waals surface area contributed by atoms with E-state index in [-0.39, 0.29) is 41.6 Å². The van der Waals surface area contributed by atoms with Crippen LogP contribution in [0.15, 0.2) is 0 Å². The standard InChI is InChI=1S/C13H21NO5S/c15-11(6-10-2-5-20(18,19)8-10)14-9-13(3-1-4-13)7-12(16)17/h10H,1-9H2,(H,14,15)(H,16,17). The number of carbonyl (C=O) groups excluding carboxylic acids is 1. The van der Waals surface area contributed by atoms with E-state index in [0.29, 0.717) is 13.0 Å². The fourth-order valence-electron chi connectivity index (χ4n) is 3.07. The molecule has 1 aliphatic carbocycles. The zero-order valence-corrected chi connectivity index (χ0v) is 12.2. The van der Waals surface area contributed by atoms with Crippen molar-refractivity contribution in [1.82, 2.24) is 5.32 Å². The van der Waals surface area contributed by atoms with E-state index in [1.54, 1.807) is 0 Å². The van der Waals surface area contributed by atoms with Gasteiger partial charge in [-0.3, -0.25) is 9.59 Å². The average molecular weight is 303 g/mol. The number of hydrogen-bond donors (Lipinski definition) is 2. The zero-order valence-electron chi connectivity index (χ0n) is 11.4. The van der Waals surface area contributed by atoms with Gasteiger partial charge in [0, 0.05) is 13.0 Å². The van der Waals surface area contributed by atoms with Crippen LogP contribution in [0.5, 0.6) is 0 Å². The summed E-state index contributed by atoms with van der Waals surface area (Å²) in [5.41, 5.74) is -0.288. The Morgan fingerprint density at radius 1 is 1.30 bits per heavy atom. The molecule has 0 radical (unpaired) electrons. The summed E-state index contributed by atoms with van der Waals surface area (Å²) in [4.78, 5) is 22.7. The van der Waals surface area contributed by atoms with Crippen molar-refractivity contribution in [2.24, 2.45) is 11.3 Å². The summed E-state index contributed by atoms with van der Waals surface area (Å²) in [5, 5.41) is 11.7. The predicted octanol–water partition coefficient (Wildman–Crippen LogP) is 0.572. The van der Waals surface area contributed by atoms with Crippen molar-refractivity contribution in [1.29, 1.82) is 0 Å². The lowest BCUT2D eigenvalue weighted by Gasteiger charge is -2.40. The van der Waals surface area contributed by atoms with Gasteiger partial charge in [-0.2, -0.15) is 0 Å². The number of carboxylic acid groups (broad SMARTS) is 1. The van der Waals surface area contributed by atoms with Gasteiger partial charge >= 0.3 is 5.97 Å². The molecule has 7 heteroatoms. The molecule has 6 nitrogen and oxygen atoms in total. The lowest BCUT2D eigenvalue weighted by atomic mass is 9.66. The van der Waals surface area contributed by atoms with E-state index in [0.717, 1.165) is 19.3 Å². The summed E-state index contributed by atoms with van der Waals surface area (Å²) >= 11 is 0. The highest BCUT2D eigenvalue weighted by molar-refractivity contribution is 7.91. The molecule has 20 heavy (non-hydrogen) atoms. The first-order valence-corrected chi connectivity index (χ1v) is 8.81. The monoisotopic (exact) mass is 303 g/mol. The molecule has 1 aliphatic heterocycles. The molecule has 0 aromatic rings. The summed E-state index contributed by atoms with van der Waals surface area (Å²) < 4.78 is 22.6. The Kier molecular flexibility index (Phi) is 4.36. The lowest BCUT2D eigenvalue weighted by Crippen LogP contribution is -2.43. The molecule has 2 aliphatic rings. The Morgan fingerprint density at radius 3 is 2.45 bits per heavy atom. The Morgan fingerprint density at radius 2 is 2.00 bits per heavy atom. The van der Waals surface area contributed by atoms with Gasteiger partial charge in [-0.25, -0.2) is 8.42 Å². The third kappa shape index (κ3) is 3.94. The Labute approximate surface area is 118 Å². The minimum atomic E-state index is -2.95. The van der Waals surface area contributed by atoms with Crippen LogP contribution in [0, 0.1) is 11.3 Å². The number of carbonyl (C=O) groups is 2. The number of carboxylic acids is 1. The lowest BCUT2D eigenvalue weighted by molar-refractivity contribution is -0.141. The molecule has 1 atom stereocenters. The topological polar surface area (TPSA) is 101 Å². The number of sulfone groups is 1. The first kappa shape index (κ1) is 15.3. The molecular weight excluding hydrogens is 282 g/mol. The number of nitrogens with one attached hydrogen (secondary N) is 1. The fourth-order valence-corrected chi connectivity index (χ4v) is 4.93. The number of hydrogen-bond acceptors (Lipinski definition) is 4. The Hall–Kier alpha value is -1.11. The summed E-state index contributed by atoms with van der Waals surface area (Å²) in [6.45, 7) is 0.387. The van der Waals surface area contributed by atoms with Crippen LogP contribution in [0.3, 0.4) is 0 Å². The maximum absolute atomic E-state index is 11.8. The van der Waals surface area contributed by atoms with Crippen LogP contribution in [0.4, 0.5) is 0 Å². The van der Waals surface area contributed by atoms with Crippen molar-refractivity contribution in [2.75, 3.05) is 18.1 Å². The summed E-state index contributed by atoms with van der Waals surface area (Å²) in [5.74, 6) is -0.810. The van der Waals surface area contributed by atoms with Crippen LogP contribution in [-0.2, 0) is 19.4 Å². The molecule has 0 aromatic heterocycles. The quantitative estimate of drug-likeness (QED) is 0.747. The van der Waals surface area contributed by atoms with Crippen LogP contribution in [0.25, 0.3) is 0 Å². The van der Waals surface area contributed by atoms with Gasteiger partial charge in [-0.1, -0.05) is 6.42 Å². The molecule has 1 heterocycles. The van der Waals surface area contributed by atoms with Gasteiger partial charge < -0.3 is 10.4 Å². The molecular formula is C13H21NO5S. The van der Waals surface area contributed by atoms with Crippen molar-refractivity contribution in [2.45, 2.75) is 38.5 Å². The van der Waals surface area contributed by atoms with Gasteiger partial charge in [-0.05, 0) is 30.6 Å². The molecule has 0 aromatic carbocycles. The van der Waals surface area contributed by atoms with E-state index in [9.17, 15) is 18.0 Å². The predicted molar refractivity (Wildman–Crippen MR) is 72.9 cm³/mol. The van der Waals surface area contributed by atoms with Crippen molar-refractivity contribution in [3.8, 4) is 0 Å². The highest BCUT2D eigenvalue weighted by atomic mass is 32.2. The molecule has 114 valence electrons. The van der Waals surface area contributed by atoms with E-state index in [4.69, 9.17) is 5.11 Å². The smallest absolute Gasteiger partial charge is 0.303 e. The summed E-state index contributed by atoms with van der Waals surface area (Å²) in [6.07, 6.45) is 3.53. The SMILES string of the molecule is O=C(O)CC1(CNC(=O)CC2CCS(=O)(=O)C2)CCC1. The average Bonchev–Trinajstić information content (AvgIpc) is 2.61. The normalized spacial score (nSPS) is 26.7. The van der Waals surface area contributed by atoms with Gasteiger partial charge in [0.1, 0.15) is 0 Å². The van der Waals surface area contributed by atoms with E-state index in [1.807, 2.05) is 0 Å². The van der Waals surface area contributed by atoms with Crippen molar-refractivity contribution >= 4 is 21.7 Å². The van der Waals surface area contributed by atoms with Gasteiger partial charge in [0.25, 0.3) is 0 Å². The molecule has 0 spiro atoms. The second-order valence-corrected chi connectivity index (χ2v) is 8.40. The van der Waals surface area contributed by atoms with Crippen molar-refractivity contribution in [3.63, 3.8) is 0 Å². The van der Waals surface area contributed by atoms with Crippen molar-refractivity contribution < 1.29 is 23.1 Å². The second-order valence-electron chi connectivity index (χ2n) is 6.17. The van der Waals surface area contributed by atoms with Crippen LogP contribution in [0.1, 0.15) is 38.5 Å². The number of amides is 1. The summed E-state index contributed by atoms with van der Waals surface area (Å²) in [6, 6.07) is 0. The molecule has 0 bridgehead atoms. The van der Waals surface area contributed by atoms with Crippen molar-refractivity contribution in [3.05, 3.63) is 0 Å². The Bertz CT molecular complexity index is 495. The molecule has 1 saturated heterocycles. The van der Waals surface area contributed by atoms with Gasteiger partial charge in [-0.15, -0.1) is 0 Å². The molecule has 2 N–H and O–H groups in total. The minimum absolute atomic E-state index is 0.0863. The van der Waals surface area contributed by atoms with E-state index in [2.05, 4.69) is 5.32 Å². The Balaban J connectivity index is 1.76. The third-order valence-electron chi connectivity index (χ3n) is 4.40. The van der Waals surface area contributed by atoms with E-state index >= 15 is 0 Å². The highest BCUT2D eigenvalue weighted by Gasteiger charge is 2.39. The first-order valence-electron chi connectivity index (χ1n) is 6.99. The molecule has 1 saturated carbocycles.